The fourth-order valence-electron chi connectivity index (χ4n) is 5.12. The molecule has 1 atom stereocenters. The fraction of sp³-hybridized carbons (Fsp3) is 0.700. The zero-order chi connectivity index (χ0) is 18.4. The number of likely N-dealkylation sites (tertiary alicyclic amines) is 1. The predicted octanol–water partition coefficient (Wildman–Crippen LogP) is 3.17. The van der Waals surface area contributed by atoms with E-state index in [2.05, 4.69) is 19.9 Å². The molecule has 2 aromatic heterocycles. The van der Waals surface area contributed by atoms with E-state index in [4.69, 9.17) is 4.52 Å². The van der Waals surface area contributed by atoms with Gasteiger partial charge in [-0.1, -0.05) is 24.4 Å². The summed E-state index contributed by atoms with van der Waals surface area (Å²) in [5.41, 5.74) is 0.541. The predicted molar refractivity (Wildman–Crippen MR) is 98.1 cm³/mol. The summed E-state index contributed by atoms with van der Waals surface area (Å²) < 4.78 is 7.38. The Morgan fingerprint density at radius 3 is 2.81 bits per heavy atom. The molecule has 27 heavy (non-hydrogen) atoms. The maximum absolute atomic E-state index is 13.0. The Hall–Kier alpha value is -2.18. The zero-order valence-corrected chi connectivity index (χ0v) is 15.9. The van der Waals surface area contributed by atoms with Gasteiger partial charge in [0.05, 0.1) is 0 Å². The highest BCUT2D eigenvalue weighted by Crippen LogP contribution is 2.52. The van der Waals surface area contributed by atoms with Crippen molar-refractivity contribution in [2.24, 2.45) is 11.3 Å². The van der Waals surface area contributed by atoms with Crippen molar-refractivity contribution in [1.29, 1.82) is 0 Å². The Labute approximate surface area is 159 Å². The molecule has 7 nitrogen and oxygen atoms in total. The van der Waals surface area contributed by atoms with Crippen molar-refractivity contribution in [1.82, 2.24) is 24.8 Å². The van der Waals surface area contributed by atoms with Crippen LogP contribution in [0.15, 0.2) is 16.9 Å². The minimum absolute atomic E-state index is 0.0208. The number of hydrogen-bond acceptors (Lipinski definition) is 5. The number of carbonyl (C=O) groups is 1. The van der Waals surface area contributed by atoms with E-state index >= 15 is 0 Å². The van der Waals surface area contributed by atoms with Gasteiger partial charge < -0.3 is 14.0 Å². The smallest absolute Gasteiger partial charge is 0.276 e. The average Bonchev–Trinajstić information content (AvgIpc) is 3.03. The average molecular weight is 369 g/mol. The molecule has 0 N–H and O–H groups in total. The molecule has 1 aliphatic heterocycles. The number of carbonyl (C=O) groups excluding carboxylic acids is 1. The second-order valence-electron chi connectivity index (χ2n) is 8.77. The summed E-state index contributed by atoms with van der Waals surface area (Å²) in [7, 11) is 0. The molecule has 0 aromatic carbocycles. The van der Waals surface area contributed by atoms with Crippen LogP contribution in [0.25, 0.3) is 0 Å². The van der Waals surface area contributed by atoms with Crippen molar-refractivity contribution in [3.05, 3.63) is 29.7 Å². The first-order valence-electron chi connectivity index (χ1n) is 10.2. The van der Waals surface area contributed by atoms with Crippen molar-refractivity contribution in [3.8, 4) is 0 Å². The van der Waals surface area contributed by atoms with E-state index in [0.29, 0.717) is 18.0 Å². The summed E-state index contributed by atoms with van der Waals surface area (Å²) in [5.74, 6) is 2.77. The summed E-state index contributed by atoms with van der Waals surface area (Å²) >= 11 is 0. The molecule has 5 rings (SSSR count). The van der Waals surface area contributed by atoms with Crippen LogP contribution in [0.4, 0.5) is 0 Å². The monoisotopic (exact) mass is 369 g/mol. The van der Waals surface area contributed by atoms with Gasteiger partial charge in [-0.2, -0.15) is 0 Å². The number of amides is 1. The molecule has 1 saturated heterocycles. The topological polar surface area (TPSA) is 77.1 Å². The molecule has 3 heterocycles. The Bertz CT molecular complexity index is 831. The lowest BCUT2D eigenvalue weighted by Gasteiger charge is -2.37. The molecule has 7 heteroatoms. The van der Waals surface area contributed by atoms with Gasteiger partial charge in [0.25, 0.3) is 5.91 Å². The SMILES string of the molecule is Cc1cc(C(=O)N2CC(c3nncn3CC3CC3)C3(CCCCC3)C2)no1. The Balaban J connectivity index is 1.45. The molecule has 0 bridgehead atoms. The Morgan fingerprint density at radius 1 is 1.30 bits per heavy atom. The van der Waals surface area contributed by atoms with Crippen molar-refractivity contribution < 1.29 is 9.32 Å². The second-order valence-corrected chi connectivity index (χ2v) is 8.77. The maximum Gasteiger partial charge on any atom is 0.276 e. The van der Waals surface area contributed by atoms with Gasteiger partial charge in [-0.3, -0.25) is 4.79 Å². The van der Waals surface area contributed by atoms with Gasteiger partial charge in [0.2, 0.25) is 0 Å². The van der Waals surface area contributed by atoms with Gasteiger partial charge >= 0.3 is 0 Å². The molecule has 2 saturated carbocycles. The molecule has 2 aromatic rings. The highest BCUT2D eigenvalue weighted by atomic mass is 16.5. The van der Waals surface area contributed by atoms with Crippen LogP contribution in [0.1, 0.15) is 72.9 Å². The summed E-state index contributed by atoms with van der Waals surface area (Å²) in [6.07, 6.45) is 10.6. The van der Waals surface area contributed by atoms with Crippen LogP contribution in [-0.4, -0.2) is 43.8 Å². The lowest BCUT2D eigenvalue weighted by Crippen LogP contribution is -2.34. The number of aryl methyl sites for hydroxylation is 1. The van der Waals surface area contributed by atoms with Crippen molar-refractivity contribution in [2.75, 3.05) is 13.1 Å². The molecule has 3 aliphatic rings. The molecule has 1 unspecified atom stereocenters. The van der Waals surface area contributed by atoms with Crippen LogP contribution in [0.3, 0.4) is 0 Å². The third-order valence-corrected chi connectivity index (χ3v) is 6.74. The first-order valence-corrected chi connectivity index (χ1v) is 10.2. The van der Waals surface area contributed by atoms with Gasteiger partial charge in [0.1, 0.15) is 17.9 Å². The van der Waals surface area contributed by atoms with E-state index in [1.807, 2.05) is 18.2 Å². The van der Waals surface area contributed by atoms with E-state index in [-0.39, 0.29) is 17.2 Å². The third kappa shape index (κ3) is 3.07. The lowest BCUT2D eigenvalue weighted by atomic mass is 9.67. The number of aromatic nitrogens is 4. The summed E-state index contributed by atoms with van der Waals surface area (Å²) in [5, 5.41) is 12.7. The van der Waals surface area contributed by atoms with Crippen molar-refractivity contribution in [2.45, 2.75) is 64.3 Å². The number of rotatable bonds is 4. The van der Waals surface area contributed by atoms with Gasteiger partial charge in [0.15, 0.2) is 5.69 Å². The maximum atomic E-state index is 13.0. The molecule has 0 radical (unpaired) electrons. The number of hydrogen-bond donors (Lipinski definition) is 0. The van der Waals surface area contributed by atoms with E-state index < -0.39 is 0 Å². The quantitative estimate of drug-likeness (QED) is 0.827. The highest BCUT2D eigenvalue weighted by Gasteiger charge is 2.51. The summed E-state index contributed by atoms with van der Waals surface area (Å²) in [6, 6.07) is 1.73. The van der Waals surface area contributed by atoms with Crippen LogP contribution < -0.4 is 0 Å². The van der Waals surface area contributed by atoms with Crippen LogP contribution in [-0.2, 0) is 6.54 Å². The van der Waals surface area contributed by atoms with Gasteiger partial charge in [-0.25, -0.2) is 0 Å². The lowest BCUT2D eigenvalue weighted by molar-refractivity contribution is 0.0748. The fourth-order valence-corrected chi connectivity index (χ4v) is 5.12. The van der Waals surface area contributed by atoms with E-state index in [9.17, 15) is 4.79 Å². The third-order valence-electron chi connectivity index (χ3n) is 6.74. The first-order chi connectivity index (χ1) is 13.1. The molecule has 1 amide bonds. The van der Waals surface area contributed by atoms with Crippen molar-refractivity contribution >= 4 is 5.91 Å². The van der Waals surface area contributed by atoms with Crippen LogP contribution in [0.2, 0.25) is 0 Å². The minimum atomic E-state index is -0.0208. The largest absolute Gasteiger partial charge is 0.361 e. The van der Waals surface area contributed by atoms with Gasteiger partial charge in [0, 0.05) is 31.6 Å². The van der Waals surface area contributed by atoms with Gasteiger partial charge in [-0.15, -0.1) is 10.2 Å². The Morgan fingerprint density at radius 2 is 2.11 bits per heavy atom. The molecular formula is C20H27N5O2. The molecule has 1 spiro atoms. The van der Waals surface area contributed by atoms with Crippen LogP contribution in [0, 0.1) is 18.3 Å². The van der Waals surface area contributed by atoms with Gasteiger partial charge in [-0.05, 0) is 43.9 Å². The molecule has 144 valence electrons. The minimum Gasteiger partial charge on any atom is -0.361 e. The first kappa shape index (κ1) is 17.0. The van der Waals surface area contributed by atoms with E-state index in [0.717, 1.165) is 37.7 Å². The normalized spacial score (nSPS) is 24.6. The number of nitrogens with zero attached hydrogens (tertiary/aromatic N) is 5. The molecular weight excluding hydrogens is 342 g/mol. The molecule has 2 aliphatic carbocycles. The highest BCUT2D eigenvalue weighted by molar-refractivity contribution is 5.92. The van der Waals surface area contributed by atoms with E-state index in [1.54, 1.807) is 6.07 Å². The zero-order valence-electron chi connectivity index (χ0n) is 15.9. The Kier molecular flexibility index (Phi) is 4.06. The van der Waals surface area contributed by atoms with Crippen LogP contribution in [0.5, 0.6) is 0 Å². The summed E-state index contributed by atoms with van der Waals surface area (Å²) in [4.78, 5) is 15.0. The summed E-state index contributed by atoms with van der Waals surface area (Å²) in [6.45, 7) is 4.33. The standard InChI is InChI=1S/C20H27N5O2/c1-14-9-17(23-27-14)19(26)24-11-16(20(12-24)7-3-2-4-8-20)18-22-21-13-25(18)10-15-5-6-15/h9,13,15-16H,2-8,10-12H2,1H3. The second kappa shape index (κ2) is 6.46. The van der Waals surface area contributed by atoms with Crippen LogP contribution >= 0.6 is 0 Å². The van der Waals surface area contributed by atoms with E-state index in [1.165, 1.54) is 32.1 Å². The van der Waals surface area contributed by atoms with Crippen molar-refractivity contribution in [3.63, 3.8) is 0 Å². The molecule has 3 fully saturated rings.